The number of aryl methyl sites for hydroxylation is 2. The maximum atomic E-state index is 12.5. The minimum atomic E-state index is -0.436. The third-order valence-electron chi connectivity index (χ3n) is 3.64. The number of hydrogen-bond donors (Lipinski definition) is 2. The third-order valence-corrected chi connectivity index (χ3v) is 4.05. The van der Waals surface area contributed by atoms with Gasteiger partial charge in [-0.05, 0) is 57.9 Å². The molecule has 2 N–H and O–H groups in total. The van der Waals surface area contributed by atoms with Crippen LogP contribution in [-0.4, -0.2) is 23.0 Å². The maximum Gasteiger partial charge on any atom is 0.340 e. The van der Waals surface area contributed by atoms with E-state index in [-0.39, 0.29) is 12.0 Å². The molecule has 0 fully saturated rings. The predicted octanol–water partition coefficient (Wildman–Crippen LogP) is 4.41. The van der Waals surface area contributed by atoms with Crippen molar-refractivity contribution < 1.29 is 14.3 Å². The van der Waals surface area contributed by atoms with Crippen LogP contribution in [0, 0.1) is 20.8 Å². The number of rotatable bonds is 4. The molecule has 128 valence electrons. The zero-order valence-corrected chi connectivity index (χ0v) is 15.2. The Labute approximate surface area is 146 Å². The van der Waals surface area contributed by atoms with Gasteiger partial charge in [-0.15, -0.1) is 0 Å². The van der Waals surface area contributed by atoms with E-state index in [9.17, 15) is 9.59 Å². The van der Waals surface area contributed by atoms with Gasteiger partial charge >= 0.3 is 5.97 Å². The molecule has 1 heterocycles. The fraction of sp³-hybridized carbons (Fsp3) is 0.333. The number of carbonyl (C=O) groups is 2. The first-order valence-corrected chi connectivity index (χ1v) is 8.06. The number of aromatic nitrogens is 1. The van der Waals surface area contributed by atoms with E-state index in [1.807, 2.05) is 13.0 Å². The van der Waals surface area contributed by atoms with Gasteiger partial charge in [-0.25, -0.2) is 4.79 Å². The van der Waals surface area contributed by atoms with Gasteiger partial charge in [0.05, 0.1) is 11.7 Å². The van der Waals surface area contributed by atoms with E-state index in [0.29, 0.717) is 33.2 Å². The van der Waals surface area contributed by atoms with Gasteiger partial charge in [0.25, 0.3) is 5.91 Å². The summed E-state index contributed by atoms with van der Waals surface area (Å²) in [5.74, 6) is -0.771. The molecular formula is C18H21ClN2O3. The molecule has 0 radical (unpaired) electrons. The Morgan fingerprint density at radius 1 is 1.21 bits per heavy atom. The first-order chi connectivity index (χ1) is 11.2. The van der Waals surface area contributed by atoms with Crippen LogP contribution >= 0.6 is 11.6 Å². The van der Waals surface area contributed by atoms with Gasteiger partial charge in [0, 0.05) is 16.4 Å². The standard InChI is InChI=1S/C18H21ClN2O3/c1-9(2)24-18(23)15-11(4)16(20-12(15)5)17(22)21-13-7-6-10(3)14(19)8-13/h6-9,20H,1-5H3,(H,21,22). The lowest BCUT2D eigenvalue weighted by Crippen LogP contribution is -2.15. The lowest BCUT2D eigenvalue weighted by Gasteiger charge is -2.09. The number of aromatic amines is 1. The number of nitrogens with one attached hydrogen (secondary N) is 2. The molecule has 24 heavy (non-hydrogen) atoms. The second-order valence-electron chi connectivity index (χ2n) is 6.00. The number of halogens is 1. The first-order valence-electron chi connectivity index (χ1n) is 7.68. The third kappa shape index (κ3) is 3.79. The Morgan fingerprint density at radius 2 is 1.88 bits per heavy atom. The molecular weight excluding hydrogens is 328 g/mol. The topological polar surface area (TPSA) is 71.2 Å². The normalized spacial score (nSPS) is 10.8. The van der Waals surface area contributed by atoms with Gasteiger partial charge in [0.2, 0.25) is 0 Å². The van der Waals surface area contributed by atoms with Crippen LogP contribution in [0.3, 0.4) is 0 Å². The van der Waals surface area contributed by atoms with E-state index in [0.717, 1.165) is 5.56 Å². The van der Waals surface area contributed by atoms with Gasteiger partial charge in [0.1, 0.15) is 5.69 Å². The number of anilines is 1. The van der Waals surface area contributed by atoms with Crippen LogP contribution in [0.25, 0.3) is 0 Å². The van der Waals surface area contributed by atoms with Crippen LogP contribution in [0.4, 0.5) is 5.69 Å². The highest BCUT2D eigenvalue weighted by Crippen LogP contribution is 2.23. The average molecular weight is 349 g/mol. The molecule has 0 aliphatic rings. The predicted molar refractivity (Wildman–Crippen MR) is 95.0 cm³/mol. The van der Waals surface area contributed by atoms with Crippen molar-refractivity contribution in [3.63, 3.8) is 0 Å². The molecule has 2 rings (SSSR count). The molecule has 0 aliphatic heterocycles. The zero-order chi connectivity index (χ0) is 18.0. The number of ether oxygens (including phenoxy) is 1. The summed E-state index contributed by atoms with van der Waals surface area (Å²) < 4.78 is 5.23. The minimum Gasteiger partial charge on any atom is -0.459 e. The summed E-state index contributed by atoms with van der Waals surface area (Å²) in [6.45, 7) is 8.91. The Bertz CT molecular complexity index is 794. The summed E-state index contributed by atoms with van der Waals surface area (Å²) in [5.41, 5.74) is 3.42. The molecule has 0 aliphatic carbocycles. The monoisotopic (exact) mass is 348 g/mol. The molecule has 2 aromatic rings. The highest BCUT2D eigenvalue weighted by Gasteiger charge is 2.23. The number of hydrogen-bond acceptors (Lipinski definition) is 3. The fourth-order valence-corrected chi connectivity index (χ4v) is 2.60. The molecule has 1 aromatic heterocycles. The largest absolute Gasteiger partial charge is 0.459 e. The van der Waals surface area contributed by atoms with Gasteiger partial charge in [-0.3, -0.25) is 4.79 Å². The quantitative estimate of drug-likeness (QED) is 0.804. The Kier molecular flexibility index (Phi) is 5.34. The van der Waals surface area contributed by atoms with Gasteiger partial charge in [-0.1, -0.05) is 17.7 Å². The van der Waals surface area contributed by atoms with E-state index in [2.05, 4.69) is 10.3 Å². The number of amides is 1. The smallest absolute Gasteiger partial charge is 0.340 e. The lowest BCUT2D eigenvalue weighted by atomic mass is 10.1. The van der Waals surface area contributed by atoms with Crippen LogP contribution in [0.1, 0.15) is 51.5 Å². The van der Waals surface area contributed by atoms with E-state index < -0.39 is 5.97 Å². The molecule has 0 saturated carbocycles. The Hall–Kier alpha value is -2.27. The van der Waals surface area contributed by atoms with Crippen molar-refractivity contribution in [2.45, 2.75) is 40.7 Å². The highest BCUT2D eigenvalue weighted by atomic mass is 35.5. The first kappa shape index (κ1) is 18.1. The summed E-state index contributed by atoms with van der Waals surface area (Å²) in [6.07, 6.45) is -0.224. The minimum absolute atomic E-state index is 0.224. The second-order valence-corrected chi connectivity index (χ2v) is 6.40. The SMILES string of the molecule is Cc1ccc(NC(=O)c2[nH]c(C)c(C(=O)OC(C)C)c2C)cc1Cl. The maximum absolute atomic E-state index is 12.5. The fourth-order valence-electron chi connectivity index (χ4n) is 2.42. The summed E-state index contributed by atoms with van der Waals surface area (Å²) in [6, 6.07) is 5.29. The highest BCUT2D eigenvalue weighted by molar-refractivity contribution is 6.31. The number of esters is 1. The van der Waals surface area contributed by atoms with Crippen molar-refractivity contribution in [1.29, 1.82) is 0 Å². The number of benzene rings is 1. The van der Waals surface area contributed by atoms with Crippen LogP contribution in [0.5, 0.6) is 0 Å². The van der Waals surface area contributed by atoms with Crippen molar-refractivity contribution in [2.75, 3.05) is 5.32 Å². The second kappa shape index (κ2) is 7.09. The van der Waals surface area contributed by atoms with Crippen LogP contribution in [0.15, 0.2) is 18.2 Å². The average Bonchev–Trinajstić information content (AvgIpc) is 2.77. The molecule has 1 amide bonds. The van der Waals surface area contributed by atoms with Crippen molar-refractivity contribution in [2.24, 2.45) is 0 Å². The summed E-state index contributed by atoms with van der Waals surface area (Å²) in [7, 11) is 0. The molecule has 0 unspecified atom stereocenters. The number of H-pyrrole nitrogens is 1. The molecule has 0 atom stereocenters. The van der Waals surface area contributed by atoms with Gasteiger partial charge in [-0.2, -0.15) is 0 Å². The zero-order valence-electron chi connectivity index (χ0n) is 14.4. The van der Waals surface area contributed by atoms with Crippen molar-refractivity contribution in [3.05, 3.63) is 51.3 Å². The Morgan fingerprint density at radius 3 is 2.46 bits per heavy atom. The van der Waals surface area contributed by atoms with Gasteiger partial charge in [0.15, 0.2) is 0 Å². The van der Waals surface area contributed by atoms with Crippen LogP contribution in [-0.2, 0) is 4.74 Å². The van der Waals surface area contributed by atoms with E-state index in [1.54, 1.807) is 39.8 Å². The summed E-state index contributed by atoms with van der Waals surface area (Å²) in [5, 5.41) is 3.36. The van der Waals surface area contributed by atoms with E-state index in [1.165, 1.54) is 0 Å². The number of carbonyl (C=O) groups excluding carboxylic acids is 2. The van der Waals surface area contributed by atoms with Crippen LogP contribution < -0.4 is 5.32 Å². The lowest BCUT2D eigenvalue weighted by molar-refractivity contribution is 0.0376. The van der Waals surface area contributed by atoms with Crippen LogP contribution in [0.2, 0.25) is 5.02 Å². The van der Waals surface area contributed by atoms with Crippen molar-refractivity contribution in [3.8, 4) is 0 Å². The molecule has 0 saturated heterocycles. The van der Waals surface area contributed by atoms with E-state index in [4.69, 9.17) is 16.3 Å². The van der Waals surface area contributed by atoms with Gasteiger partial charge < -0.3 is 15.0 Å². The molecule has 6 heteroatoms. The Balaban J connectivity index is 2.27. The molecule has 0 spiro atoms. The molecule has 1 aromatic carbocycles. The summed E-state index contributed by atoms with van der Waals surface area (Å²) in [4.78, 5) is 27.7. The van der Waals surface area contributed by atoms with Crippen molar-refractivity contribution in [1.82, 2.24) is 4.98 Å². The summed E-state index contributed by atoms with van der Waals surface area (Å²) >= 11 is 6.07. The van der Waals surface area contributed by atoms with Crippen molar-refractivity contribution >= 4 is 29.2 Å². The van der Waals surface area contributed by atoms with E-state index >= 15 is 0 Å². The molecule has 5 nitrogen and oxygen atoms in total. The molecule has 0 bridgehead atoms.